The summed E-state index contributed by atoms with van der Waals surface area (Å²) in [6.45, 7) is 2.23. The van der Waals surface area contributed by atoms with Crippen LogP contribution in [0.5, 0.6) is 0 Å². The molecule has 0 aliphatic heterocycles. The third-order valence-corrected chi connectivity index (χ3v) is 2.33. The molecule has 0 saturated heterocycles. The van der Waals surface area contributed by atoms with E-state index in [0.29, 0.717) is 12.1 Å². The minimum atomic E-state index is -0.412. The van der Waals surface area contributed by atoms with Crippen molar-refractivity contribution in [3.63, 3.8) is 0 Å². The van der Waals surface area contributed by atoms with Gasteiger partial charge in [-0.25, -0.2) is 4.98 Å². The van der Waals surface area contributed by atoms with E-state index in [-0.39, 0.29) is 5.91 Å². The predicted octanol–water partition coefficient (Wildman–Crippen LogP) is 0.600. The number of anilines is 1. The monoisotopic (exact) mass is 237 g/mol. The number of aromatic nitrogens is 1. The maximum atomic E-state index is 11.6. The van der Waals surface area contributed by atoms with Gasteiger partial charge in [0.15, 0.2) is 0 Å². The second-order valence-electron chi connectivity index (χ2n) is 4.33. The second-order valence-corrected chi connectivity index (χ2v) is 4.33. The molecule has 17 heavy (non-hydrogen) atoms. The van der Waals surface area contributed by atoms with E-state index in [9.17, 15) is 9.90 Å². The number of nitrogens with zero attached hydrogens (tertiary/aromatic N) is 3. The van der Waals surface area contributed by atoms with E-state index in [1.54, 1.807) is 39.3 Å². The summed E-state index contributed by atoms with van der Waals surface area (Å²) in [5.74, 6) is 0.670. The molecule has 0 spiro atoms. The zero-order chi connectivity index (χ0) is 13.0. The Morgan fingerprint density at radius 1 is 1.41 bits per heavy atom. The van der Waals surface area contributed by atoms with Gasteiger partial charge in [-0.1, -0.05) is 0 Å². The molecule has 0 aromatic carbocycles. The fourth-order valence-electron chi connectivity index (χ4n) is 1.49. The van der Waals surface area contributed by atoms with E-state index in [1.165, 1.54) is 4.90 Å². The van der Waals surface area contributed by atoms with Crippen LogP contribution in [-0.2, 0) is 0 Å². The van der Waals surface area contributed by atoms with Crippen LogP contribution in [-0.4, -0.2) is 54.7 Å². The number of likely N-dealkylation sites (N-methyl/N-ethyl adjacent to an activating group) is 1. The summed E-state index contributed by atoms with van der Waals surface area (Å²) in [7, 11) is 5.26. The van der Waals surface area contributed by atoms with Crippen LogP contribution in [0.1, 0.15) is 17.3 Å². The van der Waals surface area contributed by atoms with Crippen LogP contribution in [0.4, 0.5) is 5.82 Å². The van der Waals surface area contributed by atoms with Crippen LogP contribution < -0.4 is 4.90 Å². The number of hydrogen-bond acceptors (Lipinski definition) is 4. The molecule has 0 fully saturated rings. The van der Waals surface area contributed by atoms with E-state index in [4.69, 9.17) is 0 Å². The highest BCUT2D eigenvalue weighted by Crippen LogP contribution is 2.10. The average Bonchev–Trinajstić information content (AvgIpc) is 2.27. The summed E-state index contributed by atoms with van der Waals surface area (Å²) in [6.07, 6.45) is 1.14. The van der Waals surface area contributed by atoms with Crippen molar-refractivity contribution in [1.29, 1.82) is 0 Å². The zero-order valence-corrected chi connectivity index (χ0v) is 10.7. The highest BCUT2D eigenvalue weighted by Gasteiger charge is 2.10. The SMILES string of the molecule is CC(O)CN(C)c1ccc(C(=O)N(C)C)cn1. The van der Waals surface area contributed by atoms with Crippen LogP contribution in [0, 0.1) is 0 Å². The topological polar surface area (TPSA) is 56.7 Å². The van der Waals surface area contributed by atoms with Crippen molar-refractivity contribution in [1.82, 2.24) is 9.88 Å². The molecule has 1 rings (SSSR count). The maximum Gasteiger partial charge on any atom is 0.254 e. The Labute approximate surface area is 102 Å². The Kier molecular flexibility index (Phi) is 4.45. The zero-order valence-electron chi connectivity index (χ0n) is 10.7. The molecule has 1 N–H and O–H groups in total. The van der Waals surface area contributed by atoms with Crippen LogP contribution >= 0.6 is 0 Å². The van der Waals surface area contributed by atoms with Crippen molar-refractivity contribution < 1.29 is 9.90 Å². The van der Waals surface area contributed by atoms with Gasteiger partial charge in [0.05, 0.1) is 11.7 Å². The molecule has 1 amide bonds. The average molecular weight is 237 g/mol. The summed E-state index contributed by atoms with van der Waals surface area (Å²) in [4.78, 5) is 19.2. The smallest absolute Gasteiger partial charge is 0.254 e. The van der Waals surface area contributed by atoms with Crippen molar-refractivity contribution in [2.75, 3.05) is 32.6 Å². The lowest BCUT2D eigenvalue weighted by atomic mass is 10.2. The van der Waals surface area contributed by atoms with E-state index in [0.717, 1.165) is 5.82 Å². The molecule has 1 heterocycles. The van der Waals surface area contributed by atoms with Crippen LogP contribution in [0.2, 0.25) is 0 Å². The van der Waals surface area contributed by atoms with Crippen molar-refractivity contribution in [3.05, 3.63) is 23.9 Å². The third kappa shape index (κ3) is 3.71. The van der Waals surface area contributed by atoms with Gasteiger partial charge in [0, 0.05) is 33.9 Å². The molecule has 1 atom stereocenters. The lowest BCUT2D eigenvalue weighted by Gasteiger charge is -2.20. The fourth-order valence-corrected chi connectivity index (χ4v) is 1.49. The van der Waals surface area contributed by atoms with Crippen molar-refractivity contribution in [2.24, 2.45) is 0 Å². The summed E-state index contributed by atoms with van der Waals surface area (Å²) in [5, 5.41) is 9.27. The summed E-state index contributed by atoms with van der Waals surface area (Å²) in [5.41, 5.74) is 0.559. The molecule has 0 aliphatic rings. The maximum absolute atomic E-state index is 11.6. The quantitative estimate of drug-likeness (QED) is 0.833. The van der Waals surface area contributed by atoms with Gasteiger partial charge in [-0.05, 0) is 19.1 Å². The van der Waals surface area contributed by atoms with Crippen LogP contribution in [0.15, 0.2) is 18.3 Å². The van der Waals surface area contributed by atoms with Crippen molar-refractivity contribution >= 4 is 11.7 Å². The fraction of sp³-hybridized carbons (Fsp3) is 0.500. The van der Waals surface area contributed by atoms with Gasteiger partial charge in [-0.2, -0.15) is 0 Å². The van der Waals surface area contributed by atoms with E-state index in [1.807, 2.05) is 11.9 Å². The molecule has 5 nitrogen and oxygen atoms in total. The number of aliphatic hydroxyl groups is 1. The molecule has 5 heteroatoms. The molecule has 0 radical (unpaired) electrons. The number of rotatable bonds is 4. The van der Waals surface area contributed by atoms with E-state index in [2.05, 4.69) is 4.98 Å². The van der Waals surface area contributed by atoms with Gasteiger partial charge < -0.3 is 14.9 Å². The van der Waals surface area contributed by atoms with E-state index < -0.39 is 6.10 Å². The molecule has 0 aliphatic carbocycles. The van der Waals surface area contributed by atoms with Crippen LogP contribution in [0.25, 0.3) is 0 Å². The van der Waals surface area contributed by atoms with Gasteiger partial charge in [0.1, 0.15) is 5.82 Å². The first-order valence-corrected chi connectivity index (χ1v) is 5.48. The summed E-state index contributed by atoms with van der Waals surface area (Å²) in [6, 6.07) is 3.52. The number of amides is 1. The number of carbonyl (C=O) groups is 1. The molecule has 0 saturated carbocycles. The first kappa shape index (κ1) is 13.4. The molecular weight excluding hydrogens is 218 g/mol. The Morgan fingerprint density at radius 2 is 2.06 bits per heavy atom. The Hall–Kier alpha value is -1.62. The first-order chi connectivity index (χ1) is 7.91. The first-order valence-electron chi connectivity index (χ1n) is 5.48. The highest BCUT2D eigenvalue weighted by molar-refractivity contribution is 5.93. The number of aliphatic hydroxyl groups excluding tert-OH is 1. The summed E-state index contributed by atoms with van der Waals surface area (Å²) < 4.78 is 0. The molecule has 0 bridgehead atoms. The lowest BCUT2D eigenvalue weighted by Crippen LogP contribution is -2.28. The van der Waals surface area contributed by atoms with Crippen LogP contribution in [0.3, 0.4) is 0 Å². The summed E-state index contributed by atoms with van der Waals surface area (Å²) >= 11 is 0. The Bertz CT molecular complexity index is 374. The minimum absolute atomic E-state index is 0.0674. The van der Waals surface area contributed by atoms with Gasteiger partial charge >= 0.3 is 0 Å². The number of hydrogen-bond donors (Lipinski definition) is 1. The molecule has 94 valence electrons. The second kappa shape index (κ2) is 5.63. The predicted molar refractivity (Wildman–Crippen MR) is 67.2 cm³/mol. The number of carbonyl (C=O) groups excluding carboxylic acids is 1. The van der Waals surface area contributed by atoms with Gasteiger partial charge in [0.2, 0.25) is 0 Å². The Morgan fingerprint density at radius 3 is 2.47 bits per heavy atom. The standard InChI is InChI=1S/C12H19N3O2/c1-9(16)8-15(4)11-6-5-10(7-13-11)12(17)14(2)3/h5-7,9,16H,8H2,1-4H3. The Balaban J connectivity index is 2.77. The number of pyridine rings is 1. The third-order valence-electron chi connectivity index (χ3n) is 2.33. The molecular formula is C12H19N3O2. The lowest BCUT2D eigenvalue weighted by molar-refractivity contribution is 0.0827. The minimum Gasteiger partial charge on any atom is -0.392 e. The van der Waals surface area contributed by atoms with Crippen molar-refractivity contribution in [2.45, 2.75) is 13.0 Å². The largest absolute Gasteiger partial charge is 0.392 e. The normalized spacial score (nSPS) is 12.1. The molecule has 1 aromatic rings. The molecule has 1 unspecified atom stereocenters. The highest BCUT2D eigenvalue weighted by atomic mass is 16.3. The van der Waals surface area contributed by atoms with Gasteiger partial charge in [-0.15, -0.1) is 0 Å². The van der Waals surface area contributed by atoms with Gasteiger partial charge in [0.25, 0.3) is 5.91 Å². The van der Waals surface area contributed by atoms with Gasteiger partial charge in [-0.3, -0.25) is 4.79 Å². The van der Waals surface area contributed by atoms with E-state index >= 15 is 0 Å². The molecule has 1 aromatic heterocycles. The van der Waals surface area contributed by atoms with Crippen molar-refractivity contribution in [3.8, 4) is 0 Å².